The molecule has 1 aliphatic carbocycles. The number of rotatable bonds is 8. The second-order valence-electron chi connectivity index (χ2n) is 7.15. The zero-order valence-corrected chi connectivity index (χ0v) is 18.2. The third kappa shape index (κ3) is 5.55. The van der Waals surface area contributed by atoms with E-state index in [9.17, 15) is 9.90 Å². The number of aromatic carboxylic acids is 1. The first-order valence-electron chi connectivity index (χ1n) is 9.17. The van der Waals surface area contributed by atoms with Crippen LogP contribution in [0, 0.1) is 11.8 Å². The highest BCUT2D eigenvalue weighted by atomic mass is 35.5. The lowest BCUT2D eigenvalue weighted by Gasteiger charge is -2.24. The van der Waals surface area contributed by atoms with Crippen molar-refractivity contribution >= 4 is 57.8 Å². The molecule has 4 nitrogen and oxygen atoms in total. The van der Waals surface area contributed by atoms with Crippen LogP contribution < -0.4 is 5.32 Å². The standard InChI is InChI=1S/C20H22Cl3NO3S/c21-11-6-12(22)8-13(7-11)24-10-16-15(17(23)9-18(16)25)3-1-2-14-4-5-19(28-14)20(26)27/h4-8,15-18,24-25H,1-3,9-10H2,(H,26,27)/t15-,16+,17-,18-/m1/s1. The Labute approximate surface area is 183 Å². The Balaban J connectivity index is 1.56. The van der Waals surface area contributed by atoms with E-state index in [0.717, 1.165) is 29.8 Å². The molecule has 1 fully saturated rings. The topological polar surface area (TPSA) is 69.6 Å². The number of hydrogen-bond donors (Lipinski definition) is 3. The van der Waals surface area contributed by atoms with Gasteiger partial charge in [-0.1, -0.05) is 23.2 Å². The van der Waals surface area contributed by atoms with Crippen molar-refractivity contribution in [2.45, 2.75) is 37.2 Å². The zero-order valence-electron chi connectivity index (χ0n) is 15.1. The lowest BCUT2D eigenvalue weighted by Crippen LogP contribution is -2.28. The second kappa shape index (κ2) is 9.68. The summed E-state index contributed by atoms with van der Waals surface area (Å²) in [7, 11) is 0. The molecule has 152 valence electrons. The average Bonchev–Trinajstić information content (AvgIpc) is 3.18. The molecule has 1 aliphatic rings. The van der Waals surface area contributed by atoms with Gasteiger partial charge in [-0.2, -0.15) is 0 Å². The summed E-state index contributed by atoms with van der Waals surface area (Å²) in [5.74, 6) is -0.654. The number of aliphatic hydroxyl groups is 1. The van der Waals surface area contributed by atoms with Gasteiger partial charge in [-0.25, -0.2) is 4.79 Å². The Hall–Kier alpha value is -0.980. The van der Waals surface area contributed by atoms with Crippen LogP contribution in [-0.2, 0) is 6.42 Å². The smallest absolute Gasteiger partial charge is 0.345 e. The van der Waals surface area contributed by atoms with Crippen molar-refractivity contribution in [3.8, 4) is 0 Å². The van der Waals surface area contributed by atoms with Gasteiger partial charge >= 0.3 is 5.97 Å². The Bertz CT molecular complexity index is 809. The van der Waals surface area contributed by atoms with Gasteiger partial charge < -0.3 is 15.5 Å². The molecule has 3 rings (SSSR count). The molecule has 0 bridgehead atoms. The first-order valence-corrected chi connectivity index (χ1v) is 11.2. The van der Waals surface area contributed by atoms with E-state index in [4.69, 9.17) is 39.9 Å². The van der Waals surface area contributed by atoms with Crippen LogP contribution in [0.15, 0.2) is 30.3 Å². The van der Waals surface area contributed by atoms with E-state index in [-0.39, 0.29) is 17.2 Å². The summed E-state index contributed by atoms with van der Waals surface area (Å²) in [4.78, 5) is 12.4. The number of carboxylic acid groups (broad SMARTS) is 1. The van der Waals surface area contributed by atoms with Crippen molar-refractivity contribution < 1.29 is 15.0 Å². The van der Waals surface area contributed by atoms with Crippen LogP contribution in [0.5, 0.6) is 0 Å². The average molecular weight is 463 g/mol. The van der Waals surface area contributed by atoms with Crippen LogP contribution in [0.2, 0.25) is 10.0 Å². The SMILES string of the molecule is O=C(O)c1ccc(CCC[C@@H]2[C@H](CNc3cc(Cl)cc(Cl)c3)[C@H](O)C[C@H]2Cl)s1. The largest absolute Gasteiger partial charge is 0.477 e. The summed E-state index contributed by atoms with van der Waals surface area (Å²) in [5, 5.41) is 23.9. The van der Waals surface area contributed by atoms with Crippen molar-refractivity contribution in [3.63, 3.8) is 0 Å². The Morgan fingerprint density at radius 3 is 2.54 bits per heavy atom. The molecule has 1 saturated carbocycles. The molecular formula is C20H22Cl3NO3S. The van der Waals surface area contributed by atoms with E-state index >= 15 is 0 Å². The van der Waals surface area contributed by atoms with Crippen molar-refractivity contribution in [1.82, 2.24) is 0 Å². The Morgan fingerprint density at radius 1 is 1.18 bits per heavy atom. The highest BCUT2D eigenvalue weighted by Crippen LogP contribution is 2.39. The first-order chi connectivity index (χ1) is 13.3. The summed E-state index contributed by atoms with van der Waals surface area (Å²) in [6.07, 6.45) is 2.73. The van der Waals surface area contributed by atoms with E-state index < -0.39 is 12.1 Å². The molecule has 0 amide bonds. The minimum Gasteiger partial charge on any atom is -0.477 e. The van der Waals surface area contributed by atoms with Gasteiger partial charge in [0, 0.05) is 38.4 Å². The van der Waals surface area contributed by atoms with Crippen LogP contribution in [0.3, 0.4) is 0 Å². The van der Waals surface area contributed by atoms with Crippen LogP contribution in [0.4, 0.5) is 5.69 Å². The maximum Gasteiger partial charge on any atom is 0.345 e. The maximum atomic E-state index is 11.0. The lowest BCUT2D eigenvalue weighted by atomic mass is 9.89. The molecule has 0 unspecified atom stereocenters. The summed E-state index contributed by atoms with van der Waals surface area (Å²) in [6, 6.07) is 8.81. The first kappa shape index (κ1) is 21.7. The number of thiophene rings is 1. The lowest BCUT2D eigenvalue weighted by molar-refractivity contribution is 0.0702. The van der Waals surface area contributed by atoms with Crippen molar-refractivity contribution in [2.75, 3.05) is 11.9 Å². The van der Waals surface area contributed by atoms with Gasteiger partial charge in [0.1, 0.15) is 4.88 Å². The van der Waals surface area contributed by atoms with Crippen LogP contribution >= 0.6 is 46.1 Å². The van der Waals surface area contributed by atoms with Crippen LogP contribution in [0.1, 0.15) is 33.8 Å². The predicted octanol–water partition coefficient (Wildman–Crippen LogP) is 5.79. The fourth-order valence-electron chi connectivity index (χ4n) is 3.85. The van der Waals surface area contributed by atoms with Gasteiger partial charge in [0.25, 0.3) is 0 Å². The summed E-state index contributed by atoms with van der Waals surface area (Å²) < 4.78 is 0. The van der Waals surface area contributed by atoms with E-state index in [2.05, 4.69) is 5.32 Å². The third-order valence-corrected chi connectivity index (χ3v) is 7.28. The van der Waals surface area contributed by atoms with E-state index in [1.807, 2.05) is 6.07 Å². The number of anilines is 1. The fraction of sp³-hybridized carbons (Fsp3) is 0.450. The molecule has 28 heavy (non-hydrogen) atoms. The molecule has 0 saturated heterocycles. The molecule has 1 aromatic carbocycles. The number of aliphatic hydroxyl groups excluding tert-OH is 1. The monoisotopic (exact) mass is 461 g/mol. The molecule has 8 heteroatoms. The van der Waals surface area contributed by atoms with Gasteiger partial charge in [0.15, 0.2) is 0 Å². The van der Waals surface area contributed by atoms with Crippen LogP contribution in [-0.4, -0.2) is 34.2 Å². The van der Waals surface area contributed by atoms with Gasteiger partial charge in [0.05, 0.1) is 6.10 Å². The van der Waals surface area contributed by atoms with Crippen molar-refractivity contribution in [1.29, 1.82) is 0 Å². The van der Waals surface area contributed by atoms with Crippen molar-refractivity contribution in [2.24, 2.45) is 11.8 Å². The van der Waals surface area contributed by atoms with Gasteiger partial charge in [-0.05, 0) is 61.9 Å². The molecule has 2 aromatic rings. The van der Waals surface area contributed by atoms with Crippen molar-refractivity contribution in [3.05, 3.63) is 50.1 Å². The third-order valence-electron chi connectivity index (χ3n) is 5.21. The number of carboxylic acids is 1. The Kier molecular flexibility index (Phi) is 7.51. The molecule has 3 N–H and O–H groups in total. The summed E-state index contributed by atoms with van der Waals surface area (Å²) >= 11 is 19.9. The van der Waals surface area contributed by atoms with E-state index in [1.165, 1.54) is 11.3 Å². The summed E-state index contributed by atoms with van der Waals surface area (Å²) in [6.45, 7) is 0.591. The number of hydrogen-bond acceptors (Lipinski definition) is 4. The number of nitrogens with one attached hydrogen (secondary N) is 1. The fourth-order valence-corrected chi connectivity index (χ4v) is 5.76. The number of carbonyl (C=O) groups is 1. The molecule has 4 atom stereocenters. The maximum absolute atomic E-state index is 11.0. The molecule has 0 aliphatic heterocycles. The zero-order chi connectivity index (χ0) is 20.3. The molecule has 1 heterocycles. The van der Waals surface area contributed by atoms with Gasteiger partial charge in [-0.3, -0.25) is 0 Å². The Morgan fingerprint density at radius 2 is 1.89 bits per heavy atom. The summed E-state index contributed by atoms with van der Waals surface area (Å²) in [5.41, 5.74) is 0.821. The second-order valence-corrected chi connectivity index (χ2v) is 9.75. The number of halogens is 3. The minimum absolute atomic E-state index is 0.0400. The van der Waals surface area contributed by atoms with Gasteiger partial charge in [-0.15, -0.1) is 22.9 Å². The minimum atomic E-state index is -0.886. The highest BCUT2D eigenvalue weighted by Gasteiger charge is 2.40. The normalized spacial score (nSPS) is 24.4. The number of alkyl halides is 1. The predicted molar refractivity (Wildman–Crippen MR) is 116 cm³/mol. The number of aryl methyl sites for hydroxylation is 1. The molecule has 0 spiro atoms. The highest BCUT2D eigenvalue weighted by molar-refractivity contribution is 7.13. The number of benzene rings is 1. The quantitative estimate of drug-likeness (QED) is 0.434. The van der Waals surface area contributed by atoms with Crippen LogP contribution in [0.25, 0.3) is 0 Å². The van der Waals surface area contributed by atoms with Gasteiger partial charge in [0.2, 0.25) is 0 Å². The molecule has 0 radical (unpaired) electrons. The van der Waals surface area contributed by atoms with E-state index in [0.29, 0.717) is 27.9 Å². The molecule has 1 aromatic heterocycles. The molecular weight excluding hydrogens is 441 g/mol. The van der Waals surface area contributed by atoms with E-state index in [1.54, 1.807) is 24.3 Å².